The van der Waals surface area contributed by atoms with Crippen LogP contribution in [0.2, 0.25) is 5.02 Å². The number of amides is 1. The third kappa shape index (κ3) is 3.11. The molecule has 3 heteroatoms. The quantitative estimate of drug-likeness (QED) is 0.804. The van der Waals surface area contributed by atoms with Crippen LogP contribution in [0.4, 0.5) is 0 Å². The van der Waals surface area contributed by atoms with Gasteiger partial charge in [-0.15, -0.1) is 0 Å². The van der Waals surface area contributed by atoms with Gasteiger partial charge in [0.25, 0.3) is 0 Å². The minimum absolute atomic E-state index is 0.337. The van der Waals surface area contributed by atoms with Gasteiger partial charge in [0.2, 0.25) is 5.91 Å². The first-order valence-corrected chi connectivity index (χ1v) is 7.66. The molecule has 1 aliphatic carbocycles. The molecule has 3 rings (SSSR count). The molecule has 1 saturated carbocycles. The normalized spacial score (nSPS) is 24.1. The summed E-state index contributed by atoms with van der Waals surface area (Å²) in [4.78, 5) is 14.4. The van der Waals surface area contributed by atoms with Crippen LogP contribution < -0.4 is 0 Å². The van der Waals surface area contributed by atoms with E-state index in [2.05, 4.69) is 17.0 Å². The Morgan fingerprint density at radius 2 is 1.84 bits per heavy atom. The summed E-state index contributed by atoms with van der Waals surface area (Å²) in [6.45, 7) is 1.83. The van der Waals surface area contributed by atoms with Crippen molar-refractivity contribution in [2.24, 2.45) is 5.92 Å². The molecule has 1 amide bonds. The number of carbonyl (C=O) groups excluding carboxylic acids is 1. The van der Waals surface area contributed by atoms with Gasteiger partial charge in [-0.05, 0) is 43.4 Å². The molecule has 2 aliphatic rings. The lowest BCUT2D eigenvalue weighted by atomic mass is 9.94. The van der Waals surface area contributed by atoms with Crippen molar-refractivity contribution < 1.29 is 4.79 Å². The van der Waals surface area contributed by atoms with Crippen LogP contribution in [0.3, 0.4) is 0 Å². The highest BCUT2D eigenvalue weighted by atomic mass is 35.5. The Morgan fingerprint density at radius 3 is 2.53 bits per heavy atom. The lowest BCUT2D eigenvalue weighted by Gasteiger charge is -2.25. The highest BCUT2D eigenvalue weighted by Crippen LogP contribution is 2.34. The van der Waals surface area contributed by atoms with E-state index in [1.807, 2.05) is 12.1 Å². The topological polar surface area (TPSA) is 20.3 Å². The summed E-state index contributed by atoms with van der Waals surface area (Å²) in [6.07, 6.45) is 5.72. The first kappa shape index (κ1) is 13.0. The summed E-state index contributed by atoms with van der Waals surface area (Å²) in [6, 6.07) is 8.12. The average molecular weight is 278 g/mol. The lowest BCUT2D eigenvalue weighted by Crippen LogP contribution is -2.35. The van der Waals surface area contributed by atoms with Crippen molar-refractivity contribution in [3.05, 3.63) is 34.9 Å². The molecule has 1 saturated heterocycles. The number of benzene rings is 1. The van der Waals surface area contributed by atoms with Crippen LogP contribution in [0.15, 0.2) is 24.3 Å². The Hall–Kier alpha value is -1.02. The number of hydrogen-bond acceptors (Lipinski definition) is 1. The van der Waals surface area contributed by atoms with Gasteiger partial charge in [0.1, 0.15) is 0 Å². The summed E-state index contributed by atoms with van der Waals surface area (Å²) >= 11 is 5.95. The fraction of sp³-hybridized carbons (Fsp3) is 0.562. The molecule has 2 fully saturated rings. The summed E-state index contributed by atoms with van der Waals surface area (Å²) in [7, 11) is 0. The van der Waals surface area contributed by atoms with E-state index >= 15 is 0 Å². The number of rotatable bonds is 2. The second-order valence-electron chi connectivity index (χ2n) is 5.80. The fourth-order valence-electron chi connectivity index (χ4n) is 2.94. The molecule has 0 bridgehead atoms. The molecule has 1 heterocycles. The zero-order valence-electron chi connectivity index (χ0n) is 11.1. The molecule has 2 nitrogen and oxygen atoms in total. The Kier molecular flexibility index (Phi) is 3.79. The van der Waals surface area contributed by atoms with Crippen LogP contribution in [0, 0.1) is 5.92 Å². The third-order valence-corrected chi connectivity index (χ3v) is 4.50. The van der Waals surface area contributed by atoms with Crippen molar-refractivity contribution in [2.45, 2.75) is 38.0 Å². The minimum Gasteiger partial charge on any atom is -0.342 e. The molecule has 1 unspecified atom stereocenters. The Labute approximate surface area is 119 Å². The van der Waals surface area contributed by atoms with Gasteiger partial charge in [-0.2, -0.15) is 0 Å². The molecule has 19 heavy (non-hydrogen) atoms. The zero-order valence-corrected chi connectivity index (χ0v) is 11.9. The highest BCUT2D eigenvalue weighted by Gasteiger charge is 2.34. The van der Waals surface area contributed by atoms with Crippen molar-refractivity contribution in [3.8, 4) is 0 Å². The molecule has 0 radical (unpaired) electrons. The largest absolute Gasteiger partial charge is 0.342 e. The van der Waals surface area contributed by atoms with Crippen molar-refractivity contribution in [1.29, 1.82) is 0 Å². The predicted octanol–water partition coefficient (Wildman–Crippen LogP) is 3.85. The molecular formula is C16H20ClNO. The summed E-state index contributed by atoms with van der Waals surface area (Å²) in [5, 5.41) is 0.781. The molecule has 0 spiro atoms. The van der Waals surface area contributed by atoms with Crippen LogP contribution in [0.5, 0.6) is 0 Å². The Bertz CT molecular complexity index is 452. The monoisotopic (exact) mass is 277 g/mol. The molecule has 1 atom stereocenters. The second-order valence-corrected chi connectivity index (χ2v) is 6.24. The number of likely N-dealkylation sites (tertiary alicyclic amines) is 1. The maximum atomic E-state index is 12.2. The SMILES string of the molecule is O=C(C1CC1)N1CCCCC(c2ccc(Cl)cc2)C1. The molecule has 0 aromatic heterocycles. The average Bonchev–Trinajstić information content (AvgIpc) is 3.26. The minimum atomic E-state index is 0.337. The summed E-state index contributed by atoms with van der Waals surface area (Å²) in [5.74, 6) is 1.20. The van der Waals surface area contributed by atoms with Gasteiger partial charge in [-0.25, -0.2) is 0 Å². The van der Waals surface area contributed by atoms with Crippen LogP contribution >= 0.6 is 11.6 Å². The van der Waals surface area contributed by atoms with Gasteiger partial charge in [-0.3, -0.25) is 4.79 Å². The van der Waals surface area contributed by atoms with Crippen molar-refractivity contribution in [1.82, 2.24) is 4.90 Å². The van der Waals surface area contributed by atoms with E-state index < -0.39 is 0 Å². The van der Waals surface area contributed by atoms with Crippen LogP contribution in [-0.2, 0) is 4.79 Å². The maximum Gasteiger partial charge on any atom is 0.225 e. The van der Waals surface area contributed by atoms with Crippen molar-refractivity contribution in [2.75, 3.05) is 13.1 Å². The van der Waals surface area contributed by atoms with Gasteiger partial charge in [-0.1, -0.05) is 30.2 Å². The first-order chi connectivity index (χ1) is 9.24. The van der Waals surface area contributed by atoms with Gasteiger partial charge in [0.05, 0.1) is 0 Å². The van der Waals surface area contributed by atoms with Crippen LogP contribution in [0.1, 0.15) is 43.6 Å². The van der Waals surface area contributed by atoms with E-state index in [0.717, 1.165) is 37.4 Å². The molecule has 102 valence electrons. The van der Waals surface area contributed by atoms with Gasteiger partial charge >= 0.3 is 0 Å². The molecule has 1 aromatic carbocycles. The van der Waals surface area contributed by atoms with E-state index in [9.17, 15) is 4.79 Å². The molecular weight excluding hydrogens is 258 g/mol. The standard InChI is InChI=1S/C16H20ClNO/c17-15-8-6-12(7-9-15)14-3-1-2-10-18(11-14)16(19)13-4-5-13/h6-9,13-14H,1-5,10-11H2. The summed E-state index contributed by atoms with van der Waals surface area (Å²) < 4.78 is 0. The fourth-order valence-corrected chi connectivity index (χ4v) is 3.06. The van der Waals surface area contributed by atoms with Crippen molar-refractivity contribution >= 4 is 17.5 Å². The smallest absolute Gasteiger partial charge is 0.225 e. The van der Waals surface area contributed by atoms with Gasteiger partial charge in [0, 0.05) is 29.9 Å². The number of hydrogen-bond donors (Lipinski definition) is 0. The number of halogens is 1. The first-order valence-electron chi connectivity index (χ1n) is 7.28. The van der Waals surface area contributed by atoms with Crippen LogP contribution in [0.25, 0.3) is 0 Å². The van der Waals surface area contributed by atoms with Crippen LogP contribution in [-0.4, -0.2) is 23.9 Å². The summed E-state index contributed by atoms with van der Waals surface area (Å²) in [5.41, 5.74) is 1.32. The molecule has 1 aliphatic heterocycles. The molecule has 0 N–H and O–H groups in total. The second kappa shape index (κ2) is 5.54. The van der Waals surface area contributed by atoms with E-state index in [1.165, 1.54) is 18.4 Å². The van der Waals surface area contributed by atoms with E-state index in [1.54, 1.807) is 0 Å². The zero-order chi connectivity index (χ0) is 13.2. The van der Waals surface area contributed by atoms with E-state index in [0.29, 0.717) is 17.7 Å². The van der Waals surface area contributed by atoms with Crippen molar-refractivity contribution in [3.63, 3.8) is 0 Å². The van der Waals surface area contributed by atoms with E-state index in [-0.39, 0.29) is 0 Å². The molecule has 1 aromatic rings. The maximum absolute atomic E-state index is 12.2. The van der Waals surface area contributed by atoms with Gasteiger partial charge < -0.3 is 4.90 Å². The highest BCUT2D eigenvalue weighted by molar-refractivity contribution is 6.30. The van der Waals surface area contributed by atoms with Gasteiger partial charge in [0.15, 0.2) is 0 Å². The Balaban J connectivity index is 1.73. The third-order valence-electron chi connectivity index (χ3n) is 4.25. The number of carbonyl (C=O) groups is 1. The number of nitrogens with zero attached hydrogens (tertiary/aromatic N) is 1. The predicted molar refractivity (Wildman–Crippen MR) is 77.3 cm³/mol. The Morgan fingerprint density at radius 1 is 1.11 bits per heavy atom. The lowest BCUT2D eigenvalue weighted by molar-refractivity contribution is -0.132. The van der Waals surface area contributed by atoms with E-state index in [4.69, 9.17) is 11.6 Å².